The van der Waals surface area contributed by atoms with E-state index in [0.29, 0.717) is 5.69 Å². The van der Waals surface area contributed by atoms with E-state index in [-0.39, 0.29) is 30.8 Å². The normalized spacial score (nSPS) is 13.7. The summed E-state index contributed by atoms with van der Waals surface area (Å²) in [6, 6.07) is 7.33. The number of imide groups is 1. The van der Waals surface area contributed by atoms with Crippen LogP contribution in [0.4, 0.5) is 5.69 Å². The number of para-hydroxylation sites is 1. The van der Waals surface area contributed by atoms with Crippen molar-refractivity contribution in [2.75, 3.05) is 18.0 Å². The van der Waals surface area contributed by atoms with Crippen LogP contribution in [0.15, 0.2) is 24.3 Å². The summed E-state index contributed by atoms with van der Waals surface area (Å²) in [6.45, 7) is 11.2. The first kappa shape index (κ1) is 20.8. The fourth-order valence-electron chi connectivity index (χ4n) is 2.18. The van der Waals surface area contributed by atoms with E-state index in [1.165, 1.54) is 16.7 Å². The Balaban J connectivity index is 0.00000112. The molecule has 1 heterocycles. The Kier molecular flexibility index (Phi) is 9.54. The van der Waals surface area contributed by atoms with Crippen molar-refractivity contribution in [3.05, 3.63) is 29.8 Å². The lowest BCUT2D eigenvalue weighted by atomic mass is 10.1. The summed E-state index contributed by atoms with van der Waals surface area (Å²) in [7, 11) is 0. The third-order valence-electron chi connectivity index (χ3n) is 3.21. The second-order valence-electron chi connectivity index (χ2n) is 4.48. The molecule has 0 bridgehead atoms. The Labute approximate surface area is 139 Å². The van der Waals surface area contributed by atoms with Crippen molar-refractivity contribution in [2.24, 2.45) is 0 Å². The summed E-state index contributed by atoms with van der Waals surface area (Å²) >= 11 is 0. The van der Waals surface area contributed by atoms with E-state index in [1.807, 2.05) is 46.8 Å². The molecule has 128 valence electrons. The molecule has 0 N–H and O–H groups in total. The standard InChI is InChI=1S/C14H16N2O3.2C2H6/c1-3-11-6-4-5-7-12(11)16-13(18)8-15(10(2)17)9-14(16)19;2*1-2/h4-7H,3,8-9H2,1-2H3;2*1-2H3. The van der Waals surface area contributed by atoms with Gasteiger partial charge in [-0.05, 0) is 18.1 Å². The molecule has 1 saturated heterocycles. The highest BCUT2D eigenvalue weighted by molar-refractivity contribution is 6.19. The number of aryl methyl sites for hydroxylation is 1. The van der Waals surface area contributed by atoms with Gasteiger partial charge >= 0.3 is 0 Å². The average Bonchev–Trinajstić information content (AvgIpc) is 2.58. The molecule has 0 spiro atoms. The Morgan fingerprint density at radius 1 is 1.00 bits per heavy atom. The number of amides is 3. The van der Waals surface area contributed by atoms with Crippen LogP contribution >= 0.6 is 0 Å². The van der Waals surface area contributed by atoms with Crippen LogP contribution in [0, 0.1) is 0 Å². The van der Waals surface area contributed by atoms with E-state index < -0.39 is 0 Å². The number of piperazine rings is 1. The molecule has 5 heteroatoms. The summed E-state index contributed by atoms with van der Waals surface area (Å²) in [6.07, 6.45) is 0.740. The maximum atomic E-state index is 12.1. The molecule has 1 fully saturated rings. The van der Waals surface area contributed by atoms with Gasteiger partial charge in [0.2, 0.25) is 5.91 Å². The number of carbonyl (C=O) groups excluding carboxylic acids is 3. The van der Waals surface area contributed by atoms with E-state index in [2.05, 4.69) is 0 Å². The third-order valence-corrected chi connectivity index (χ3v) is 3.21. The van der Waals surface area contributed by atoms with Gasteiger partial charge in [-0.2, -0.15) is 0 Å². The number of benzene rings is 1. The summed E-state index contributed by atoms with van der Waals surface area (Å²) in [4.78, 5) is 37.9. The maximum absolute atomic E-state index is 12.1. The predicted molar refractivity (Wildman–Crippen MR) is 93.3 cm³/mol. The fourth-order valence-corrected chi connectivity index (χ4v) is 2.18. The molecule has 3 amide bonds. The number of nitrogens with zero attached hydrogens (tertiary/aromatic N) is 2. The smallest absolute Gasteiger partial charge is 0.253 e. The first-order valence-corrected chi connectivity index (χ1v) is 8.23. The second kappa shape index (κ2) is 10.5. The van der Waals surface area contributed by atoms with Gasteiger partial charge in [-0.15, -0.1) is 0 Å². The van der Waals surface area contributed by atoms with Crippen LogP contribution in [0.1, 0.15) is 47.1 Å². The lowest BCUT2D eigenvalue weighted by Gasteiger charge is -2.32. The molecule has 2 rings (SSSR count). The van der Waals surface area contributed by atoms with E-state index in [0.717, 1.165) is 12.0 Å². The molecule has 1 aliphatic heterocycles. The lowest BCUT2D eigenvalue weighted by molar-refractivity contribution is -0.141. The molecule has 0 aliphatic carbocycles. The zero-order valence-corrected chi connectivity index (χ0v) is 15.0. The van der Waals surface area contributed by atoms with E-state index in [1.54, 1.807) is 12.1 Å². The minimum atomic E-state index is -0.354. The number of rotatable bonds is 2. The number of anilines is 1. The van der Waals surface area contributed by atoms with Crippen LogP contribution in [0.3, 0.4) is 0 Å². The number of carbonyl (C=O) groups is 3. The predicted octanol–water partition coefficient (Wildman–Crippen LogP) is 3.02. The van der Waals surface area contributed by atoms with Crippen LogP contribution in [0.25, 0.3) is 0 Å². The van der Waals surface area contributed by atoms with Gasteiger partial charge < -0.3 is 4.90 Å². The molecule has 1 aromatic rings. The lowest BCUT2D eigenvalue weighted by Crippen LogP contribution is -2.55. The Hall–Kier alpha value is -2.17. The molecular formula is C18H28N2O3. The van der Waals surface area contributed by atoms with Crippen molar-refractivity contribution < 1.29 is 14.4 Å². The first-order valence-electron chi connectivity index (χ1n) is 8.23. The summed E-state index contributed by atoms with van der Waals surface area (Å²) in [5.41, 5.74) is 1.57. The van der Waals surface area contributed by atoms with Crippen LogP contribution in [0.5, 0.6) is 0 Å². The Bertz CT molecular complexity index is 523. The van der Waals surface area contributed by atoms with Crippen LogP contribution in [-0.4, -0.2) is 35.7 Å². The topological polar surface area (TPSA) is 57.7 Å². The molecule has 0 saturated carbocycles. The van der Waals surface area contributed by atoms with Crippen molar-refractivity contribution in [3.63, 3.8) is 0 Å². The highest BCUT2D eigenvalue weighted by Crippen LogP contribution is 2.23. The third kappa shape index (κ3) is 5.20. The minimum absolute atomic E-state index is 0.0425. The van der Waals surface area contributed by atoms with Gasteiger partial charge in [-0.1, -0.05) is 52.8 Å². The number of hydrogen-bond acceptors (Lipinski definition) is 3. The molecular weight excluding hydrogens is 292 g/mol. The van der Waals surface area contributed by atoms with Crippen molar-refractivity contribution in [1.82, 2.24) is 4.90 Å². The van der Waals surface area contributed by atoms with Crippen molar-refractivity contribution in [1.29, 1.82) is 0 Å². The monoisotopic (exact) mass is 320 g/mol. The molecule has 1 aliphatic rings. The first-order chi connectivity index (χ1) is 11.0. The van der Waals surface area contributed by atoms with Gasteiger partial charge in [0.05, 0.1) is 5.69 Å². The van der Waals surface area contributed by atoms with Crippen LogP contribution in [0.2, 0.25) is 0 Å². The maximum Gasteiger partial charge on any atom is 0.253 e. The zero-order valence-electron chi connectivity index (χ0n) is 15.0. The molecule has 0 radical (unpaired) electrons. The fraction of sp³-hybridized carbons (Fsp3) is 0.500. The Morgan fingerprint density at radius 3 is 1.91 bits per heavy atom. The quantitative estimate of drug-likeness (QED) is 0.787. The highest BCUT2D eigenvalue weighted by atomic mass is 16.2. The molecule has 0 atom stereocenters. The minimum Gasteiger partial charge on any atom is -0.324 e. The van der Waals surface area contributed by atoms with Gasteiger partial charge in [0.25, 0.3) is 11.8 Å². The van der Waals surface area contributed by atoms with Crippen molar-refractivity contribution in [3.8, 4) is 0 Å². The van der Waals surface area contributed by atoms with Gasteiger partial charge in [0, 0.05) is 6.92 Å². The summed E-state index contributed by atoms with van der Waals surface area (Å²) in [5.74, 6) is -0.968. The van der Waals surface area contributed by atoms with E-state index in [4.69, 9.17) is 0 Å². The molecule has 23 heavy (non-hydrogen) atoms. The average molecular weight is 320 g/mol. The largest absolute Gasteiger partial charge is 0.324 e. The number of hydrogen-bond donors (Lipinski definition) is 0. The SMILES string of the molecule is CC.CC.CCc1ccccc1N1C(=O)CN(C(C)=O)CC1=O. The molecule has 1 aromatic carbocycles. The summed E-state index contributed by atoms with van der Waals surface area (Å²) < 4.78 is 0. The molecule has 5 nitrogen and oxygen atoms in total. The second-order valence-corrected chi connectivity index (χ2v) is 4.48. The van der Waals surface area contributed by atoms with Crippen LogP contribution in [-0.2, 0) is 20.8 Å². The van der Waals surface area contributed by atoms with E-state index in [9.17, 15) is 14.4 Å². The van der Waals surface area contributed by atoms with Crippen molar-refractivity contribution in [2.45, 2.75) is 48.0 Å². The molecule has 0 unspecified atom stereocenters. The van der Waals surface area contributed by atoms with Gasteiger partial charge in [0.1, 0.15) is 13.1 Å². The van der Waals surface area contributed by atoms with Crippen molar-refractivity contribution >= 4 is 23.4 Å². The van der Waals surface area contributed by atoms with E-state index >= 15 is 0 Å². The summed E-state index contributed by atoms with van der Waals surface area (Å²) in [5, 5.41) is 0. The zero-order chi connectivity index (χ0) is 18.0. The van der Waals surface area contributed by atoms with Crippen LogP contribution < -0.4 is 4.90 Å². The Morgan fingerprint density at radius 2 is 1.48 bits per heavy atom. The van der Waals surface area contributed by atoms with Gasteiger partial charge in [0.15, 0.2) is 0 Å². The molecule has 0 aromatic heterocycles. The highest BCUT2D eigenvalue weighted by Gasteiger charge is 2.33. The van der Waals surface area contributed by atoms with Gasteiger partial charge in [-0.3, -0.25) is 14.4 Å². The van der Waals surface area contributed by atoms with Gasteiger partial charge in [-0.25, -0.2) is 4.90 Å².